The molecule has 1 saturated heterocycles. The number of fused-ring (bicyclic) bond motifs is 1. The lowest BCUT2D eigenvalue weighted by Crippen LogP contribution is -2.34. The molecule has 0 radical (unpaired) electrons. The van der Waals surface area contributed by atoms with Crippen LogP contribution in [0.4, 0.5) is 0 Å². The van der Waals surface area contributed by atoms with Crippen molar-refractivity contribution >= 4 is 11.9 Å². The van der Waals surface area contributed by atoms with Gasteiger partial charge in [0.05, 0.1) is 6.04 Å². The van der Waals surface area contributed by atoms with Crippen molar-refractivity contribution in [1.82, 2.24) is 4.90 Å². The SMILES string of the molecule is CC/C=C(/C)C(=O)OCC(=O)N1CCCC1c1ccc2c(c1)OCCO2. The molecule has 0 spiro atoms. The summed E-state index contributed by atoms with van der Waals surface area (Å²) < 4.78 is 16.4. The highest BCUT2D eigenvalue weighted by Crippen LogP contribution is 2.38. The number of allylic oxidation sites excluding steroid dienone is 1. The van der Waals surface area contributed by atoms with E-state index in [1.807, 2.05) is 25.1 Å². The molecule has 2 aliphatic heterocycles. The zero-order valence-electron chi connectivity index (χ0n) is 15.3. The highest BCUT2D eigenvalue weighted by Gasteiger charge is 2.31. The summed E-state index contributed by atoms with van der Waals surface area (Å²) in [5, 5.41) is 0. The Morgan fingerprint density at radius 3 is 2.81 bits per heavy atom. The van der Waals surface area contributed by atoms with Crippen molar-refractivity contribution in [2.75, 3.05) is 26.4 Å². The Kier molecular flexibility index (Phi) is 5.81. The van der Waals surface area contributed by atoms with Crippen LogP contribution in [0.1, 0.15) is 44.7 Å². The van der Waals surface area contributed by atoms with Gasteiger partial charge in [0.15, 0.2) is 18.1 Å². The van der Waals surface area contributed by atoms with E-state index < -0.39 is 5.97 Å². The molecule has 0 N–H and O–H groups in total. The van der Waals surface area contributed by atoms with Crippen molar-refractivity contribution < 1.29 is 23.8 Å². The molecular weight excluding hydrogens is 334 g/mol. The molecule has 3 rings (SSSR count). The molecule has 0 saturated carbocycles. The first-order valence-electron chi connectivity index (χ1n) is 9.13. The van der Waals surface area contributed by atoms with Crippen molar-refractivity contribution in [3.05, 3.63) is 35.4 Å². The number of hydrogen-bond acceptors (Lipinski definition) is 5. The van der Waals surface area contributed by atoms with E-state index in [2.05, 4.69) is 0 Å². The molecule has 6 nitrogen and oxygen atoms in total. The Hall–Kier alpha value is -2.50. The summed E-state index contributed by atoms with van der Waals surface area (Å²) in [4.78, 5) is 26.2. The molecule has 0 aromatic heterocycles. The summed E-state index contributed by atoms with van der Waals surface area (Å²) in [5.74, 6) is 0.859. The van der Waals surface area contributed by atoms with E-state index >= 15 is 0 Å². The monoisotopic (exact) mass is 359 g/mol. The van der Waals surface area contributed by atoms with E-state index in [1.54, 1.807) is 17.9 Å². The van der Waals surface area contributed by atoms with E-state index in [-0.39, 0.29) is 18.6 Å². The van der Waals surface area contributed by atoms with Crippen LogP contribution < -0.4 is 9.47 Å². The summed E-state index contributed by atoms with van der Waals surface area (Å²) >= 11 is 0. The van der Waals surface area contributed by atoms with Crippen molar-refractivity contribution in [3.8, 4) is 11.5 Å². The Morgan fingerprint density at radius 1 is 1.27 bits per heavy atom. The van der Waals surface area contributed by atoms with E-state index in [0.29, 0.717) is 25.3 Å². The van der Waals surface area contributed by atoms with Gasteiger partial charge in [-0.25, -0.2) is 4.79 Å². The molecule has 140 valence electrons. The molecule has 0 aliphatic carbocycles. The quantitative estimate of drug-likeness (QED) is 0.597. The standard InChI is InChI=1S/C20H25NO5/c1-3-5-14(2)20(23)26-13-19(22)21-9-4-6-16(21)15-7-8-17-18(12-15)25-11-10-24-17/h5,7-8,12,16H,3-4,6,9-11,13H2,1-2H3/b14-5-. The third-order valence-corrected chi connectivity index (χ3v) is 4.68. The smallest absolute Gasteiger partial charge is 0.333 e. The second-order valence-corrected chi connectivity index (χ2v) is 6.52. The highest BCUT2D eigenvalue weighted by molar-refractivity contribution is 5.90. The highest BCUT2D eigenvalue weighted by atomic mass is 16.6. The normalized spacial score (nSPS) is 19.4. The maximum Gasteiger partial charge on any atom is 0.333 e. The van der Waals surface area contributed by atoms with E-state index in [1.165, 1.54) is 0 Å². The molecular formula is C20H25NO5. The van der Waals surface area contributed by atoms with Gasteiger partial charge in [0.2, 0.25) is 0 Å². The van der Waals surface area contributed by atoms with Gasteiger partial charge in [0.25, 0.3) is 5.91 Å². The average molecular weight is 359 g/mol. The van der Waals surface area contributed by atoms with Crippen LogP contribution in [0, 0.1) is 0 Å². The van der Waals surface area contributed by atoms with Crippen molar-refractivity contribution in [2.24, 2.45) is 0 Å². The summed E-state index contributed by atoms with van der Waals surface area (Å²) in [6, 6.07) is 5.79. The van der Waals surface area contributed by atoms with Gasteiger partial charge in [0, 0.05) is 12.1 Å². The maximum atomic E-state index is 12.6. The van der Waals surface area contributed by atoms with Crippen LogP contribution in [-0.2, 0) is 14.3 Å². The minimum atomic E-state index is -0.435. The van der Waals surface area contributed by atoms with Gasteiger partial charge in [0.1, 0.15) is 13.2 Å². The number of esters is 1. The fourth-order valence-electron chi connectivity index (χ4n) is 3.39. The molecule has 26 heavy (non-hydrogen) atoms. The Bertz CT molecular complexity index is 712. The van der Waals surface area contributed by atoms with E-state index in [9.17, 15) is 9.59 Å². The van der Waals surface area contributed by atoms with Gasteiger partial charge < -0.3 is 19.1 Å². The lowest BCUT2D eigenvalue weighted by atomic mass is 10.0. The van der Waals surface area contributed by atoms with Crippen LogP contribution in [0.3, 0.4) is 0 Å². The van der Waals surface area contributed by atoms with Crippen LogP contribution in [-0.4, -0.2) is 43.1 Å². The molecule has 6 heteroatoms. The van der Waals surface area contributed by atoms with E-state index in [4.69, 9.17) is 14.2 Å². The minimum Gasteiger partial charge on any atom is -0.486 e. The fourth-order valence-corrected chi connectivity index (χ4v) is 3.39. The summed E-state index contributed by atoms with van der Waals surface area (Å²) in [5.41, 5.74) is 1.55. The van der Waals surface area contributed by atoms with Crippen molar-refractivity contribution in [3.63, 3.8) is 0 Å². The molecule has 2 heterocycles. The summed E-state index contributed by atoms with van der Waals surface area (Å²) in [6.07, 6.45) is 4.36. The zero-order chi connectivity index (χ0) is 18.5. The fraction of sp³-hybridized carbons (Fsp3) is 0.500. The Morgan fingerprint density at radius 2 is 2.04 bits per heavy atom. The largest absolute Gasteiger partial charge is 0.486 e. The molecule has 1 unspecified atom stereocenters. The predicted molar refractivity (Wildman–Crippen MR) is 96.1 cm³/mol. The molecule has 2 aliphatic rings. The van der Waals surface area contributed by atoms with Crippen LogP contribution in [0.2, 0.25) is 0 Å². The van der Waals surface area contributed by atoms with Crippen LogP contribution in [0.5, 0.6) is 11.5 Å². The summed E-state index contributed by atoms with van der Waals surface area (Å²) in [7, 11) is 0. The topological polar surface area (TPSA) is 65.1 Å². The number of nitrogens with zero attached hydrogens (tertiary/aromatic N) is 1. The average Bonchev–Trinajstić information content (AvgIpc) is 3.15. The van der Waals surface area contributed by atoms with Crippen molar-refractivity contribution in [2.45, 2.75) is 39.2 Å². The molecule has 1 fully saturated rings. The third kappa shape index (κ3) is 4.00. The van der Waals surface area contributed by atoms with Gasteiger partial charge in [-0.3, -0.25) is 4.79 Å². The van der Waals surface area contributed by atoms with Crippen molar-refractivity contribution in [1.29, 1.82) is 0 Å². The first-order valence-corrected chi connectivity index (χ1v) is 9.13. The number of hydrogen-bond donors (Lipinski definition) is 0. The molecule has 1 aromatic rings. The molecule has 1 aromatic carbocycles. The number of likely N-dealkylation sites (tertiary alicyclic amines) is 1. The lowest BCUT2D eigenvalue weighted by molar-refractivity contribution is -0.149. The van der Waals surface area contributed by atoms with Crippen LogP contribution in [0.15, 0.2) is 29.8 Å². The number of amides is 1. The first kappa shape index (κ1) is 18.3. The lowest BCUT2D eigenvalue weighted by Gasteiger charge is -2.26. The molecule has 1 atom stereocenters. The predicted octanol–water partition coefficient (Wildman–Crippen LogP) is 3.02. The van der Waals surface area contributed by atoms with E-state index in [0.717, 1.165) is 36.3 Å². The first-order chi connectivity index (χ1) is 12.6. The number of carbonyl (C=O) groups excluding carboxylic acids is 2. The summed E-state index contributed by atoms with van der Waals surface area (Å²) in [6.45, 7) is 5.17. The van der Waals surface area contributed by atoms with Gasteiger partial charge in [-0.2, -0.15) is 0 Å². The van der Waals surface area contributed by atoms with Gasteiger partial charge in [-0.05, 0) is 43.9 Å². The Balaban J connectivity index is 1.65. The third-order valence-electron chi connectivity index (χ3n) is 4.68. The number of ether oxygens (including phenoxy) is 3. The molecule has 1 amide bonds. The maximum absolute atomic E-state index is 12.6. The van der Waals surface area contributed by atoms with Gasteiger partial charge in [-0.1, -0.05) is 19.1 Å². The minimum absolute atomic E-state index is 0.0238. The van der Waals surface area contributed by atoms with Crippen LogP contribution >= 0.6 is 0 Å². The number of benzene rings is 1. The van der Waals surface area contributed by atoms with Gasteiger partial charge in [-0.15, -0.1) is 0 Å². The number of rotatable bonds is 5. The second kappa shape index (κ2) is 8.25. The Labute approximate surface area is 153 Å². The second-order valence-electron chi connectivity index (χ2n) is 6.52. The van der Waals surface area contributed by atoms with Crippen LogP contribution in [0.25, 0.3) is 0 Å². The van der Waals surface area contributed by atoms with Gasteiger partial charge >= 0.3 is 5.97 Å². The zero-order valence-corrected chi connectivity index (χ0v) is 15.3. The number of carbonyl (C=O) groups is 2. The molecule has 0 bridgehead atoms.